The third-order valence-electron chi connectivity index (χ3n) is 5.66. The zero-order valence-electron chi connectivity index (χ0n) is 20.2. The topological polar surface area (TPSA) is 113 Å². The molecule has 0 unspecified atom stereocenters. The zero-order chi connectivity index (χ0) is 27.2. The molecule has 0 radical (unpaired) electrons. The molecule has 0 spiro atoms. The summed E-state index contributed by atoms with van der Waals surface area (Å²) in [4.78, 5) is 21.8. The molecule has 4 heterocycles. The molecular weight excluding hydrogens is 518 g/mol. The Balaban J connectivity index is 1.25. The largest absolute Gasteiger partial charge is 0.417 e. The number of hydrazone groups is 1. The summed E-state index contributed by atoms with van der Waals surface area (Å²) in [6, 6.07) is 8.59. The van der Waals surface area contributed by atoms with E-state index in [9.17, 15) is 17.6 Å². The second-order valence-electron chi connectivity index (χ2n) is 8.28. The van der Waals surface area contributed by atoms with E-state index in [4.69, 9.17) is 4.74 Å². The molecule has 1 aliphatic rings. The molecule has 3 aromatic heterocycles. The molecule has 0 saturated carbocycles. The van der Waals surface area contributed by atoms with Crippen LogP contribution < -0.4 is 15.6 Å². The lowest BCUT2D eigenvalue weighted by molar-refractivity contribution is -0.137. The van der Waals surface area contributed by atoms with Crippen LogP contribution in [0.2, 0.25) is 0 Å². The van der Waals surface area contributed by atoms with Crippen LogP contribution in [0.1, 0.15) is 11.3 Å². The minimum atomic E-state index is -4.58. The fraction of sp³-hybridized carbons (Fsp3) is 0.200. The number of morpholine rings is 1. The van der Waals surface area contributed by atoms with Gasteiger partial charge in [-0.2, -0.15) is 23.3 Å². The predicted molar refractivity (Wildman–Crippen MR) is 136 cm³/mol. The Bertz CT molecular complexity index is 1440. The summed E-state index contributed by atoms with van der Waals surface area (Å²) in [6.45, 7) is 2.01. The van der Waals surface area contributed by atoms with Crippen molar-refractivity contribution in [2.75, 3.05) is 41.9 Å². The number of hydrogen-bond acceptors (Lipinski definition) is 10. The van der Waals surface area contributed by atoms with Gasteiger partial charge in [-0.15, -0.1) is 0 Å². The van der Waals surface area contributed by atoms with Crippen LogP contribution >= 0.6 is 0 Å². The van der Waals surface area contributed by atoms with E-state index in [1.165, 1.54) is 43.1 Å². The molecule has 0 amide bonds. The fourth-order valence-electron chi connectivity index (χ4n) is 3.82. The van der Waals surface area contributed by atoms with E-state index in [0.717, 1.165) is 12.3 Å². The van der Waals surface area contributed by atoms with Crippen molar-refractivity contribution in [2.45, 2.75) is 6.18 Å². The molecule has 39 heavy (non-hydrogen) atoms. The summed E-state index contributed by atoms with van der Waals surface area (Å²) in [6.07, 6.45) is 1.93. The molecule has 1 saturated heterocycles. The Morgan fingerprint density at radius 2 is 1.79 bits per heavy atom. The van der Waals surface area contributed by atoms with E-state index in [2.05, 4.69) is 40.8 Å². The molecule has 14 heteroatoms. The number of aromatic nitrogens is 5. The number of alkyl halides is 3. The Labute approximate surface area is 219 Å². The van der Waals surface area contributed by atoms with Crippen LogP contribution in [0.5, 0.6) is 0 Å². The zero-order valence-corrected chi connectivity index (χ0v) is 20.2. The highest BCUT2D eigenvalue weighted by atomic mass is 19.4. The first-order valence-corrected chi connectivity index (χ1v) is 11.7. The van der Waals surface area contributed by atoms with Crippen LogP contribution in [0.3, 0.4) is 0 Å². The second-order valence-corrected chi connectivity index (χ2v) is 8.28. The van der Waals surface area contributed by atoms with Gasteiger partial charge in [0, 0.05) is 30.5 Å². The van der Waals surface area contributed by atoms with Crippen LogP contribution in [0.15, 0.2) is 66.4 Å². The molecule has 0 bridgehead atoms. The highest BCUT2D eigenvalue weighted by molar-refractivity contribution is 5.78. The summed E-state index contributed by atoms with van der Waals surface area (Å²) in [5.41, 5.74) is 3.11. The van der Waals surface area contributed by atoms with Crippen molar-refractivity contribution in [1.82, 2.24) is 24.9 Å². The molecule has 10 nitrogen and oxygen atoms in total. The summed E-state index contributed by atoms with van der Waals surface area (Å²) < 4.78 is 60.7. The van der Waals surface area contributed by atoms with Crippen molar-refractivity contribution in [3.8, 4) is 11.3 Å². The number of halogens is 4. The van der Waals surface area contributed by atoms with Crippen LogP contribution in [0.4, 0.5) is 40.7 Å². The van der Waals surface area contributed by atoms with E-state index >= 15 is 0 Å². The molecule has 0 aliphatic carbocycles. The molecule has 5 rings (SSSR count). The SMILES string of the molecule is Fc1cnc(N/N=C/c2ccc(Nc3ccc(-c4ccncn4)c(C(F)(F)F)c3)cn2)nc1N1CCOCC1. The molecule has 1 fully saturated rings. The summed E-state index contributed by atoms with van der Waals surface area (Å²) in [7, 11) is 0. The first-order valence-electron chi connectivity index (χ1n) is 11.7. The number of anilines is 4. The lowest BCUT2D eigenvalue weighted by Crippen LogP contribution is -2.37. The van der Waals surface area contributed by atoms with Crippen molar-refractivity contribution in [3.05, 3.63) is 78.4 Å². The number of nitrogens with one attached hydrogen (secondary N) is 2. The van der Waals surface area contributed by atoms with Crippen LogP contribution in [-0.2, 0) is 10.9 Å². The third-order valence-corrected chi connectivity index (χ3v) is 5.66. The maximum absolute atomic E-state index is 14.2. The van der Waals surface area contributed by atoms with Gasteiger partial charge < -0.3 is 15.0 Å². The van der Waals surface area contributed by atoms with E-state index in [1.54, 1.807) is 17.0 Å². The van der Waals surface area contributed by atoms with Gasteiger partial charge in [0.2, 0.25) is 5.95 Å². The molecule has 4 aromatic rings. The van der Waals surface area contributed by atoms with Gasteiger partial charge in [0.05, 0.1) is 54.5 Å². The maximum atomic E-state index is 14.2. The normalized spacial score (nSPS) is 14.0. The van der Waals surface area contributed by atoms with Gasteiger partial charge in [0.15, 0.2) is 11.6 Å². The number of rotatable bonds is 7. The third kappa shape index (κ3) is 6.41. The number of benzene rings is 1. The van der Waals surface area contributed by atoms with Gasteiger partial charge in [0.1, 0.15) is 6.33 Å². The molecule has 0 atom stereocenters. The standard InChI is InChI=1S/C25H21F4N9O/c26-21-14-32-24(36-23(21)38-7-9-39-10-8-38)37-34-13-17-1-2-18(12-31-17)35-16-3-4-19(20(11-16)25(27,28)29)22-5-6-30-15-33-22/h1-6,11-15,35H,7-10H2,(H,32,36,37)/b34-13+. The smallest absolute Gasteiger partial charge is 0.378 e. The summed E-state index contributed by atoms with van der Waals surface area (Å²) in [5.74, 6) is -0.265. The van der Waals surface area contributed by atoms with Crippen molar-refractivity contribution in [1.29, 1.82) is 0 Å². The summed E-state index contributed by atoms with van der Waals surface area (Å²) >= 11 is 0. The number of pyridine rings is 1. The first kappa shape index (κ1) is 25.9. The molecule has 200 valence electrons. The highest BCUT2D eigenvalue weighted by Gasteiger charge is 2.34. The van der Waals surface area contributed by atoms with E-state index in [-0.39, 0.29) is 28.7 Å². The van der Waals surface area contributed by atoms with Gasteiger partial charge in [-0.1, -0.05) is 6.07 Å². The van der Waals surface area contributed by atoms with Crippen molar-refractivity contribution in [2.24, 2.45) is 5.10 Å². The average Bonchev–Trinajstić information content (AvgIpc) is 2.95. The predicted octanol–water partition coefficient (Wildman–Crippen LogP) is 4.51. The Kier molecular flexibility index (Phi) is 7.54. The van der Waals surface area contributed by atoms with Gasteiger partial charge in [-0.05, 0) is 30.3 Å². The Morgan fingerprint density at radius 3 is 2.51 bits per heavy atom. The van der Waals surface area contributed by atoms with Gasteiger partial charge >= 0.3 is 6.18 Å². The lowest BCUT2D eigenvalue weighted by atomic mass is 10.0. The average molecular weight is 539 g/mol. The van der Waals surface area contributed by atoms with Crippen molar-refractivity contribution in [3.63, 3.8) is 0 Å². The molecule has 2 N–H and O–H groups in total. The summed E-state index contributed by atoms with van der Waals surface area (Å²) in [5, 5.41) is 6.96. The Hall–Kier alpha value is -4.72. The quantitative estimate of drug-likeness (QED) is 0.199. The Morgan fingerprint density at radius 1 is 0.974 bits per heavy atom. The van der Waals surface area contributed by atoms with Gasteiger partial charge in [-0.25, -0.2) is 24.8 Å². The fourth-order valence-corrected chi connectivity index (χ4v) is 3.82. The molecule has 1 aliphatic heterocycles. The second kappa shape index (κ2) is 11.3. The van der Waals surface area contributed by atoms with Crippen molar-refractivity contribution >= 4 is 29.4 Å². The monoisotopic (exact) mass is 539 g/mol. The maximum Gasteiger partial charge on any atom is 0.417 e. The first-order chi connectivity index (χ1) is 18.9. The van der Waals surface area contributed by atoms with E-state index < -0.39 is 17.6 Å². The van der Waals surface area contributed by atoms with Gasteiger partial charge in [-0.3, -0.25) is 4.98 Å². The van der Waals surface area contributed by atoms with Gasteiger partial charge in [0.25, 0.3) is 0 Å². The minimum Gasteiger partial charge on any atom is -0.378 e. The minimum absolute atomic E-state index is 0.0464. The molecular formula is C25H21F4N9O. The lowest BCUT2D eigenvalue weighted by Gasteiger charge is -2.27. The van der Waals surface area contributed by atoms with Crippen molar-refractivity contribution < 1.29 is 22.3 Å². The van der Waals surface area contributed by atoms with Crippen LogP contribution in [-0.4, -0.2) is 57.4 Å². The number of hydrogen-bond donors (Lipinski definition) is 2. The number of nitrogens with zero attached hydrogens (tertiary/aromatic N) is 7. The number of ether oxygens (including phenoxy) is 1. The van der Waals surface area contributed by atoms with Crippen LogP contribution in [0, 0.1) is 5.82 Å². The van der Waals surface area contributed by atoms with E-state index in [1.807, 2.05) is 0 Å². The highest BCUT2D eigenvalue weighted by Crippen LogP contribution is 2.38. The van der Waals surface area contributed by atoms with Crippen LogP contribution in [0.25, 0.3) is 11.3 Å². The van der Waals surface area contributed by atoms with E-state index in [0.29, 0.717) is 37.7 Å². The molecule has 1 aromatic carbocycles.